The fourth-order valence-corrected chi connectivity index (χ4v) is 4.70. The van der Waals surface area contributed by atoms with Gasteiger partial charge in [0.05, 0.1) is 22.5 Å². The molecule has 1 aromatic rings. The average molecular weight is 419 g/mol. The second-order valence-electron chi connectivity index (χ2n) is 6.79. The standard InChI is InChI=1S/C19H24F3NO4S/c1-3-11-18(17(24)27-4-2)12-9-15(10-13-18)23-28(25,26)16-7-5-14(6-8-16)19(20,21)22/h3,5-8,11,15,23H,4,9-10,12-13H2,1-2H3/b11-3+. The number of rotatable bonds is 6. The summed E-state index contributed by atoms with van der Waals surface area (Å²) in [6.07, 6.45) is 0.746. The van der Waals surface area contributed by atoms with Crippen molar-refractivity contribution in [1.82, 2.24) is 4.72 Å². The summed E-state index contributed by atoms with van der Waals surface area (Å²) in [4.78, 5) is 12.1. The van der Waals surface area contributed by atoms with Crippen LogP contribution in [0.2, 0.25) is 0 Å². The number of esters is 1. The molecule has 1 aliphatic carbocycles. The van der Waals surface area contributed by atoms with Crippen LogP contribution in [0.5, 0.6) is 0 Å². The van der Waals surface area contributed by atoms with E-state index < -0.39 is 33.2 Å². The highest BCUT2D eigenvalue weighted by atomic mass is 32.2. The Balaban J connectivity index is 2.07. The van der Waals surface area contributed by atoms with Gasteiger partial charge in [-0.05, 0) is 63.8 Å². The van der Waals surface area contributed by atoms with Crippen molar-refractivity contribution in [3.63, 3.8) is 0 Å². The summed E-state index contributed by atoms with van der Waals surface area (Å²) < 4.78 is 70.6. The van der Waals surface area contributed by atoms with Crippen LogP contribution < -0.4 is 4.72 Å². The Labute approximate surface area is 163 Å². The quantitative estimate of drug-likeness (QED) is 0.558. The Morgan fingerprint density at radius 2 is 1.82 bits per heavy atom. The molecule has 0 heterocycles. The third-order valence-electron chi connectivity index (χ3n) is 4.86. The van der Waals surface area contributed by atoms with Crippen molar-refractivity contribution in [2.75, 3.05) is 6.61 Å². The van der Waals surface area contributed by atoms with E-state index in [1.807, 2.05) is 0 Å². The molecule has 156 valence electrons. The first kappa shape index (κ1) is 22.4. The minimum atomic E-state index is -4.53. The van der Waals surface area contributed by atoms with E-state index in [9.17, 15) is 26.4 Å². The summed E-state index contributed by atoms with van der Waals surface area (Å²) >= 11 is 0. The third kappa shape index (κ3) is 5.14. The van der Waals surface area contributed by atoms with Crippen molar-refractivity contribution in [3.05, 3.63) is 42.0 Å². The smallest absolute Gasteiger partial charge is 0.416 e. The molecule has 1 fully saturated rings. The van der Waals surface area contributed by atoms with Gasteiger partial charge in [-0.1, -0.05) is 12.2 Å². The predicted molar refractivity (Wildman–Crippen MR) is 97.9 cm³/mol. The molecule has 0 aliphatic heterocycles. The van der Waals surface area contributed by atoms with Crippen molar-refractivity contribution in [3.8, 4) is 0 Å². The van der Waals surface area contributed by atoms with Gasteiger partial charge in [0, 0.05) is 6.04 Å². The molecule has 0 bridgehead atoms. The first-order valence-electron chi connectivity index (χ1n) is 9.05. The van der Waals surface area contributed by atoms with Crippen LogP contribution in [-0.2, 0) is 25.7 Å². The number of halogens is 3. The number of benzene rings is 1. The van der Waals surface area contributed by atoms with Crippen LogP contribution in [0.1, 0.15) is 45.1 Å². The second kappa shape index (κ2) is 8.65. The van der Waals surface area contributed by atoms with E-state index >= 15 is 0 Å². The molecule has 1 aromatic carbocycles. The zero-order valence-corrected chi connectivity index (χ0v) is 16.6. The van der Waals surface area contributed by atoms with Crippen molar-refractivity contribution >= 4 is 16.0 Å². The largest absolute Gasteiger partial charge is 0.465 e. The van der Waals surface area contributed by atoms with Crippen molar-refractivity contribution in [2.24, 2.45) is 5.41 Å². The summed E-state index contributed by atoms with van der Waals surface area (Å²) in [6, 6.07) is 2.97. The molecule has 0 amide bonds. The lowest BCUT2D eigenvalue weighted by Gasteiger charge is -2.36. The first-order chi connectivity index (χ1) is 13.0. The van der Waals surface area contributed by atoms with E-state index in [-0.39, 0.29) is 17.5 Å². The molecule has 2 rings (SSSR count). The molecule has 1 aliphatic rings. The van der Waals surface area contributed by atoms with Gasteiger partial charge in [0.1, 0.15) is 0 Å². The first-order valence-corrected chi connectivity index (χ1v) is 10.5. The van der Waals surface area contributed by atoms with Gasteiger partial charge in [0.2, 0.25) is 10.0 Å². The van der Waals surface area contributed by atoms with Gasteiger partial charge < -0.3 is 4.74 Å². The third-order valence-corrected chi connectivity index (χ3v) is 6.40. The molecule has 0 atom stereocenters. The van der Waals surface area contributed by atoms with Crippen molar-refractivity contribution < 1.29 is 31.1 Å². The molecule has 1 N–H and O–H groups in total. The van der Waals surface area contributed by atoms with E-state index in [0.29, 0.717) is 25.7 Å². The molecule has 28 heavy (non-hydrogen) atoms. The number of nitrogens with one attached hydrogen (secondary N) is 1. The van der Waals surface area contributed by atoms with E-state index in [0.717, 1.165) is 24.3 Å². The maximum atomic E-state index is 12.6. The average Bonchev–Trinajstić information content (AvgIpc) is 2.63. The zero-order chi connectivity index (χ0) is 21.0. The van der Waals surface area contributed by atoms with Crippen LogP contribution in [0.4, 0.5) is 13.2 Å². The predicted octanol–water partition coefficient (Wildman–Crippen LogP) is 4.05. The fraction of sp³-hybridized carbons (Fsp3) is 0.526. The van der Waals surface area contributed by atoms with Gasteiger partial charge in [-0.3, -0.25) is 4.79 Å². The zero-order valence-electron chi connectivity index (χ0n) is 15.8. The number of ether oxygens (including phenoxy) is 1. The molecule has 5 nitrogen and oxygen atoms in total. The number of allylic oxidation sites excluding steroid dienone is 1. The Bertz CT molecular complexity index is 809. The van der Waals surface area contributed by atoms with E-state index in [1.54, 1.807) is 26.0 Å². The molecule has 0 unspecified atom stereocenters. The summed E-state index contributed by atoms with van der Waals surface area (Å²) in [5.41, 5.74) is -1.67. The maximum Gasteiger partial charge on any atom is 0.416 e. The van der Waals surface area contributed by atoms with Crippen LogP contribution in [0.25, 0.3) is 0 Å². The van der Waals surface area contributed by atoms with Crippen molar-refractivity contribution in [2.45, 2.75) is 56.6 Å². The fourth-order valence-electron chi connectivity index (χ4n) is 3.39. The number of alkyl halides is 3. The number of carbonyl (C=O) groups is 1. The number of carbonyl (C=O) groups excluding carboxylic acids is 1. The van der Waals surface area contributed by atoms with Crippen LogP contribution in [0.3, 0.4) is 0 Å². The molecule has 1 saturated carbocycles. The van der Waals surface area contributed by atoms with Gasteiger partial charge in [-0.2, -0.15) is 13.2 Å². The Morgan fingerprint density at radius 3 is 2.29 bits per heavy atom. The Morgan fingerprint density at radius 1 is 1.25 bits per heavy atom. The van der Waals surface area contributed by atoms with E-state index in [1.165, 1.54) is 0 Å². The molecular weight excluding hydrogens is 395 g/mol. The minimum Gasteiger partial charge on any atom is -0.465 e. The summed E-state index contributed by atoms with van der Waals surface area (Å²) in [5.74, 6) is -0.322. The van der Waals surface area contributed by atoms with E-state index in [4.69, 9.17) is 4.74 Å². The maximum absolute atomic E-state index is 12.6. The monoisotopic (exact) mass is 419 g/mol. The minimum absolute atomic E-state index is 0.226. The summed E-state index contributed by atoms with van der Waals surface area (Å²) in [6.45, 7) is 3.80. The lowest BCUT2D eigenvalue weighted by Crippen LogP contribution is -2.43. The topological polar surface area (TPSA) is 72.5 Å². The van der Waals surface area contributed by atoms with E-state index in [2.05, 4.69) is 4.72 Å². The van der Waals surface area contributed by atoms with Gasteiger partial charge in [-0.25, -0.2) is 13.1 Å². The number of sulfonamides is 1. The highest BCUT2D eigenvalue weighted by Crippen LogP contribution is 2.39. The summed E-state index contributed by atoms with van der Waals surface area (Å²) in [7, 11) is -3.95. The molecule has 0 aromatic heterocycles. The Hall–Kier alpha value is -1.87. The van der Waals surface area contributed by atoms with Gasteiger partial charge in [0.15, 0.2) is 0 Å². The van der Waals surface area contributed by atoms with Gasteiger partial charge in [-0.15, -0.1) is 0 Å². The van der Waals surface area contributed by atoms with Gasteiger partial charge >= 0.3 is 12.1 Å². The van der Waals surface area contributed by atoms with Crippen LogP contribution in [0.15, 0.2) is 41.3 Å². The van der Waals surface area contributed by atoms with Crippen LogP contribution in [-0.4, -0.2) is 27.0 Å². The van der Waals surface area contributed by atoms with Crippen molar-refractivity contribution in [1.29, 1.82) is 0 Å². The Kier molecular flexibility index (Phi) is 6.93. The van der Waals surface area contributed by atoms with Gasteiger partial charge in [0.25, 0.3) is 0 Å². The SMILES string of the molecule is C/C=C/C1(C(=O)OCC)CCC(NS(=O)(=O)c2ccc(C(F)(F)F)cc2)CC1. The second-order valence-corrected chi connectivity index (χ2v) is 8.51. The number of hydrogen-bond donors (Lipinski definition) is 1. The van der Waals surface area contributed by atoms with Crippen LogP contribution in [0, 0.1) is 5.41 Å². The molecule has 9 heteroatoms. The molecule has 0 saturated heterocycles. The molecular formula is C19H24F3NO4S. The lowest BCUT2D eigenvalue weighted by molar-refractivity contribution is -0.154. The van der Waals surface area contributed by atoms with Crippen LogP contribution >= 0.6 is 0 Å². The molecule has 0 radical (unpaired) electrons. The highest BCUT2D eigenvalue weighted by molar-refractivity contribution is 7.89. The number of hydrogen-bond acceptors (Lipinski definition) is 4. The normalized spacial score (nSPS) is 23.7. The lowest BCUT2D eigenvalue weighted by atomic mass is 9.72. The highest BCUT2D eigenvalue weighted by Gasteiger charge is 2.41. The summed E-state index contributed by atoms with van der Waals surface area (Å²) in [5, 5.41) is 0. The molecule has 0 spiro atoms.